The van der Waals surface area contributed by atoms with Gasteiger partial charge < -0.3 is 0 Å². The van der Waals surface area contributed by atoms with E-state index in [-0.39, 0.29) is 5.75 Å². The Hall–Kier alpha value is 0.220. The van der Waals surface area contributed by atoms with Gasteiger partial charge in [0.05, 0.1) is 5.75 Å². The van der Waals surface area contributed by atoms with Crippen LogP contribution in [-0.4, -0.2) is 55.4 Å². The van der Waals surface area contributed by atoms with Gasteiger partial charge in [-0.3, -0.25) is 4.90 Å². The topological polar surface area (TPSA) is 40.6 Å². The Morgan fingerprint density at radius 2 is 1.77 bits per heavy atom. The molecule has 0 atom stereocenters. The van der Waals surface area contributed by atoms with Gasteiger partial charge in [-0.1, -0.05) is 0 Å². The van der Waals surface area contributed by atoms with E-state index in [1.54, 1.807) is 11.2 Å². The van der Waals surface area contributed by atoms with Crippen LogP contribution in [0.1, 0.15) is 6.92 Å². The van der Waals surface area contributed by atoms with Crippen LogP contribution >= 0.6 is 12.6 Å². The highest BCUT2D eigenvalue weighted by Gasteiger charge is 2.24. The van der Waals surface area contributed by atoms with Crippen molar-refractivity contribution in [2.75, 3.05) is 37.8 Å². The van der Waals surface area contributed by atoms with Crippen molar-refractivity contribution in [2.24, 2.45) is 0 Å². The smallest absolute Gasteiger partial charge is 0.213 e. The summed E-state index contributed by atoms with van der Waals surface area (Å²) in [5.41, 5.74) is 0. The fourth-order valence-electron chi connectivity index (χ4n) is 1.33. The van der Waals surface area contributed by atoms with Crippen LogP contribution in [0.15, 0.2) is 0 Å². The van der Waals surface area contributed by atoms with Crippen molar-refractivity contribution in [1.82, 2.24) is 9.21 Å². The van der Waals surface area contributed by atoms with Gasteiger partial charge in [0.1, 0.15) is 0 Å². The van der Waals surface area contributed by atoms with Crippen LogP contribution in [0.3, 0.4) is 0 Å². The molecule has 0 aromatic rings. The van der Waals surface area contributed by atoms with Gasteiger partial charge in [-0.2, -0.15) is 16.9 Å². The third-order valence-corrected chi connectivity index (χ3v) is 4.57. The second-order valence-electron chi connectivity index (χ2n) is 3.06. The molecule has 0 bridgehead atoms. The molecule has 0 spiro atoms. The van der Waals surface area contributed by atoms with E-state index >= 15 is 0 Å². The lowest BCUT2D eigenvalue weighted by molar-refractivity contribution is 0.215. The zero-order valence-corrected chi connectivity index (χ0v) is 9.52. The van der Waals surface area contributed by atoms with Crippen LogP contribution in [0.2, 0.25) is 0 Å². The maximum absolute atomic E-state index is 11.4. The van der Waals surface area contributed by atoms with E-state index in [0.717, 1.165) is 13.1 Å². The van der Waals surface area contributed by atoms with Gasteiger partial charge in [0.25, 0.3) is 0 Å². The van der Waals surface area contributed by atoms with E-state index in [4.69, 9.17) is 0 Å². The Labute approximate surface area is 85.4 Å². The van der Waals surface area contributed by atoms with Crippen molar-refractivity contribution < 1.29 is 8.42 Å². The molecule has 0 aliphatic carbocycles. The normalized spacial score (nSPS) is 22.0. The average Bonchev–Trinajstić information content (AvgIpc) is 2.18. The molecule has 0 N–H and O–H groups in total. The number of nitrogens with zero attached hydrogens (tertiary/aromatic N) is 2. The van der Waals surface area contributed by atoms with Crippen LogP contribution in [-0.2, 0) is 10.0 Å². The molecular formula is C7H16N2O2S2. The molecule has 0 saturated carbocycles. The highest BCUT2D eigenvalue weighted by atomic mass is 32.2. The Morgan fingerprint density at radius 1 is 1.23 bits per heavy atom. The van der Waals surface area contributed by atoms with Gasteiger partial charge in [0, 0.05) is 32.1 Å². The molecule has 1 fully saturated rings. The van der Waals surface area contributed by atoms with Crippen molar-refractivity contribution in [3.05, 3.63) is 0 Å². The van der Waals surface area contributed by atoms with Gasteiger partial charge >= 0.3 is 0 Å². The molecule has 1 aliphatic heterocycles. The molecule has 13 heavy (non-hydrogen) atoms. The van der Waals surface area contributed by atoms with Crippen molar-refractivity contribution in [1.29, 1.82) is 0 Å². The summed E-state index contributed by atoms with van der Waals surface area (Å²) in [6, 6.07) is 0. The molecule has 0 radical (unpaired) electrons. The average molecular weight is 224 g/mol. The van der Waals surface area contributed by atoms with Gasteiger partial charge in [-0.05, 0) is 6.92 Å². The lowest BCUT2D eigenvalue weighted by Gasteiger charge is -2.32. The molecule has 1 heterocycles. The predicted molar refractivity (Wildman–Crippen MR) is 56.5 cm³/mol. The fourth-order valence-corrected chi connectivity index (χ4v) is 2.70. The molecule has 0 aromatic heterocycles. The van der Waals surface area contributed by atoms with Crippen molar-refractivity contribution in [3.8, 4) is 0 Å². The Kier molecular flexibility index (Phi) is 4.03. The summed E-state index contributed by atoms with van der Waals surface area (Å²) < 4.78 is 24.4. The molecule has 0 aromatic carbocycles. The molecule has 6 heteroatoms. The summed E-state index contributed by atoms with van der Waals surface area (Å²) in [5, 5.41) is 0. The minimum absolute atomic E-state index is 0.202. The zero-order chi connectivity index (χ0) is 9.90. The minimum atomic E-state index is -2.97. The van der Waals surface area contributed by atoms with Crippen LogP contribution in [0.4, 0.5) is 0 Å². The van der Waals surface area contributed by atoms with Gasteiger partial charge in [-0.15, -0.1) is 0 Å². The van der Waals surface area contributed by atoms with E-state index in [2.05, 4.69) is 17.5 Å². The number of hydrogen-bond acceptors (Lipinski definition) is 4. The minimum Gasteiger partial charge on any atom is -0.292 e. The first-order valence-electron chi connectivity index (χ1n) is 4.41. The van der Waals surface area contributed by atoms with E-state index in [1.165, 1.54) is 0 Å². The van der Waals surface area contributed by atoms with Crippen LogP contribution in [0.25, 0.3) is 0 Å². The van der Waals surface area contributed by atoms with Gasteiger partial charge in [0.2, 0.25) is 10.0 Å². The van der Waals surface area contributed by atoms with E-state index < -0.39 is 10.0 Å². The standard InChI is InChI=1S/C7H16N2O2S2/c1-2-13(10,11)9-5-3-8(7-12)4-6-9/h12H,2-7H2,1H3. The summed E-state index contributed by atoms with van der Waals surface area (Å²) in [6.07, 6.45) is 0. The summed E-state index contributed by atoms with van der Waals surface area (Å²) in [4.78, 5) is 2.13. The third kappa shape index (κ3) is 2.83. The SMILES string of the molecule is CCS(=O)(=O)N1CCN(CS)CC1. The van der Waals surface area contributed by atoms with Crippen molar-refractivity contribution in [3.63, 3.8) is 0 Å². The van der Waals surface area contributed by atoms with Crippen LogP contribution in [0.5, 0.6) is 0 Å². The highest BCUT2D eigenvalue weighted by Crippen LogP contribution is 2.07. The number of sulfonamides is 1. The number of thiol groups is 1. The Morgan fingerprint density at radius 3 is 2.15 bits per heavy atom. The number of hydrogen-bond donors (Lipinski definition) is 1. The van der Waals surface area contributed by atoms with E-state index in [1.807, 2.05) is 0 Å². The molecule has 0 amide bonds. The largest absolute Gasteiger partial charge is 0.292 e. The summed E-state index contributed by atoms with van der Waals surface area (Å²) in [6.45, 7) is 4.49. The molecular weight excluding hydrogens is 208 g/mol. The first-order chi connectivity index (χ1) is 6.10. The van der Waals surface area contributed by atoms with Crippen LogP contribution in [0, 0.1) is 0 Å². The quantitative estimate of drug-likeness (QED) is 0.677. The summed E-state index contributed by atoms with van der Waals surface area (Å²) >= 11 is 4.15. The zero-order valence-electron chi connectivity index (χ0n) is 7.81. The number of rotatable bonds is 3. The van der Waals surface area contributed by atoms with Gasteiger partial charge in [0.15, 0.2) is 0 Å². The monoisotopic (exact) mass is 224 g/mol. The van der Waals surface area contributed by atoms with Crippen molar-refractivity contribution in [2.45, 2.75) is 6.92 Å². The van der Waals surface area contributed by atoms with Gasteiger partial charge in [-0.25, -0.2) is 8.42 Å². The summed E-state index contributed by atoms with van der Waals surface area (Å²) in [5.74, 6) is 0.911. The molecule has 1 rings (SSSR count). The van der Waals surface area contributed by atoms with E-state index in [9.17, 15) is 8.42 Å². The predicted octanol–water partition coefficient (Wildman–Crippen LogP) is -0.159. The maximum Gasteiger partial charge on any atom is 0.213 e. The third-order valence-electron chi connectivity index (χ3n) is 2.29. The Balaban J connectivity index is 2.50. The van der Waals surface area contributed by atoms with Crippen LogP contribution < -0.4 is 0 Å². The summed E-state index contributed by atoms with van der Waals surface area (Å²) in [7, 11) is -2.97. The van der Waals surface area contributed by atoms with E-state index in [0.29, 0.717) is 19.0 Å². The first-order valence-corrected chi connectivity index (χ1v) is 6.65. The van der Waals surface area contributed by atoms with Crippen molar-refractivity contribution >= 4 is 22.7 Å². The molecule has 78 valence electrons. The fraction of sp³-hybridized carbons (Fsp3) is 1.00. The Bertz CT molecular complexity index is 245. The number of piperazine rings is 1. The maximum atomic E-state index is 11.4. The lowest BCUT2D eigenvalue weighted by atomic mass is 10.4. The second kappa shape index (κ2) is 4.63. The molecule has 1 saturated heterocycles. The molecule has 0 unspecified atom stereocenters. The second-order valence-corrected chi connectivity index (χ2v) is 5.60. The molecule has 1 aliphatic rings. The highest BCUT2D eigenvalue weighted by molar-refractivity contribution is 7.89. The lowest BCUT2D eigenvalue weighted by Crippen LogP contribution is -2.48. The molecule has 4 nitrogen and oxygen atoms in total. The first kappa shape index (κ1) is 11.3.